The third-order valence-corrected chi connectivity index (χ3v) is 4.86. The average molecular weight is 389 g/mol. The molecule has 2 aromatic rings. The first-order valence-electron chi connectivity index (χ1n) is 7.10. The Morgan fingerprint density at radius 3 is 2.44 bits per heavy atom. The van der Waals surface area contributed by atoms with Gasteiger partial charge in [-0.15, -0.1) is 0 Å². The molecular formula is C16H15ClF2N2O3S. The Bertz CT molecular complexity index is 891. The molecule has 0 heterocycles. The van der Waals surface area contributed by atoms with Crippen LogP contribution >= 0.6 is 11.6 Å². The maximum Gasteiger partial charge on any atom is 0.239 e. The van der Waals surface area contributed by atoms with Gasteiger partial charge in [-0.25, -0.2) is 17.2 Å². The highest BCUT2D eigenvalue weighted by molar-refractivity contribution is 7.88. The molecule has 0 fully saturated rings. The van der Waals surface area contributed by atoms with Crippen molar-refractivity contribution >= 4 is 33.2 Å². The Kier molecular flexibility index (Phi) is 6.10. The van der Waals surface area contributed by atoms with Gasteiger partial charge in [-0.05, 0) is 23.8 Å². The molecule has 0 aromatic heterocycles. The standard InChI is InChI=1S/C16H15ClF2N2O3S/c1-25(23,24)21(9-11-4-2-3-5-13(11)17)10-16(22)20-12-6-7-14(18)15(19)8-12/h2-8H,9-10H2,1H3,(H,20,22). The van der Waals surface area contributed by atoms with Gasteiger partial charge in [0.05, 0.1) is 12.8 Å². The van der Waals surface area contributed by atoms with E-state index in [4.69, 9.17) is 11.6 Å². The van der Waals surface area contributed by atoms with Crippen molar-refractivity contribution in [2.24, 2.45) is 0 Å². The molecule has 0 saturated heterocycles. The minimum absolute atomic E-state index is 0.0232. The van der Waals surface area contributed by atoms with Crippen LogP contribution in [0.3, 0.4) is 0 Å². The number of hydrogen-bond donors (Lipinski definition) is 1. The summed E-state index contributed by atoms with van der Waals surface area (Å²) in [6.07, 6.45) is 0.967. The van der Waals surface area contributed by atoms with E-state index >= 15 is 0 Å². The van der Waals surface area contributed by atoms with Crippen LogP contribution in [0.5, 0.6) is 0 Å². The normalized spacial score (nSPS) is 11.6. The molecule has 0 atom stereocenters. The van der Waals surface area contributed by atoms with Crippen LogP contribution in [0.4, 0.5) is 14.5 Å². The number of nitrogens with zero attached hydrogens (tertiary/aromatic N) is 1. The number of nitrogens with one attached hydrogen (secondary N) is 1. The van der Waals surface area contributed by atoms with E-state index in [1.807, 2.05) is 0 Å². The van der Waals surface area contributed by atoms with Gasteiger partial charge >= 0.3 is 0 Å². The van der Waals surface area contributed by atoms with Crippen LogP contribution in [-0.4, -0.2) is 31.4 Å². The van der Waals surface area contributed by atoms with Gasteiger partial charge in [-0.2, -0.15) is 4.31 Å². The second-order valence-electron chi connectivity index (χ2n) is 5.30. The summed E-state index contributed by atoms with van der Waals surface area (Å²) in [5.41, 5.74) is 0.560. The second-order valence-corrected chi connectivity index (χ2v) is 7.69. The van der Waals surface area contributed by atoms with Gasteiger partial charge in [0.25, 0.3) is 0 Å². The Morgan fingerprint density at radius 1 is 1.16 bits per heavy atom. The third-order valence-electron chi connectivity index (χ3n) is 3.30. The molecule has 25 heavy (non-hydrogen) atoms. The Hall–Kier alpha value is -2.03. The first kappa shape index (κ1) is 19.3. The number of rotatable bonds is 6. The van der Waals surface area contributed by atoms with Crippen LogP contribution in [0.15, 0.2) is 42.5 Å². The van der Waals surface area contributed by atoms with Crippen molar-refractivity contribution in [3.05, 3.63) is 64.7 Å². The predicted molar refractivity (Wildman–Crippen MR) is 91.7 cm³/mol. The summed E-state index contributed by atoms with van der Waals surface area (Å²) in [5.74, 6) is -2.85. The van der Waals surface area contributed by atoms with E-state index in [1.54, 1.807) is 24.3 Å². The Morgan fingerprint density at radius 2 is 1.84 bits per heavy atom. The van der Waals surface area contributed by atoms with Crippen LogP contribution in [0.1, 0.15) is 5.56 Å². The molecular weight excluding hydrogens is 374 g/mol. The highest BCUT2D eigenvalue weighted by atomic mass is 35.5. The van der Waals surface area contributed by atoms with Crippen molar-refractivity contribution in [1.29, 1.82) is 0 Å². The molecule has 0 spiro atoms. The molecule has 5 nitrogen and oxygen atoms in total. The van der Waals surface area contributed by atoms with E-state index in [2.05, 4.69) is 5.32 Å². The van der Waals surface area contributed by atoms with Gasteiger partial charge in [-0.3, -0.25) is 4.79 Å². The molecule has 9 heteroatoms. The molecule has 0 aliphatic carbocycles. The lowest BCUT2D eigenvalue weighted by Crippen LogP contribution is -2.37. The number of hydrogen-bond acceptors (Lipinski definition) is 3. The van der Waals surface area contributed by atoms with Crippen LogP contribution in [0.25, 0.3) is 0 Å². The van der Waals surface area contributed by atoms with Crippen LogP contribution in [0.2, 0.25) is 5.02 Å². The molecule has 0 unspecified atom stereocenters. The van der Waals surface area contributed by atoms with Gasteiger partial charge in [0.1, 0.15) is 0 Å². The number of sulfonamides is 1. The Balaban J connectivity index is 2.13. The van der Waals surface area contributed by atoms with Gasteiger partial charge < -0.3 is 5.32 Å². The highest BCUT2D eigenvalue weighted by Crippen LogP contribution is 2.19. The maximum absolute atomic E-state index is 13.2. The lowest BCUT2D eigenvalue weighted by Gasteiger charge is -2.20. The number of carbonyl (C=O) groups is 1. The van der Waals surface area contributed by atoms with Gasteiger partial charge in [0.2, 0.25) is 15.9 Å². The summed E-state index contributed by atoms with van der Waals surface area (Å²) in [5, 5.41) is 2.70. The fourth-order valence-electron chi connectivity index (χ4n) is 2.04. The minimum Gasteiger partial charge on any atom is -0.325 e. The van der Waals surface area contributed by atoms with Crippen molar-refractivity contribution < 1.29 is 22.0 Å². The molecule has 1 N–H and O–H groups in total. The molecule has 2 aromatic carbocycles. The van der Waals surface area contributed by atoms with E-state index < -0.39 is 34.1 Å². The predicted octanol–water partition coefficient (Wildman–Crippen LogP) is 3.02. The number of carbonyl (C=O) groups excluding carboxylic acids is 1. The first-order valence-corrected chi connectivity index (χ1v) is 9.33. The monoisotopic (exact) mass is 388 g/mol. The summed E-state index contributed by atoms with van der Waals surface area (Å²) in [6, 6.07) is 9.51. The lowest BCUT2D eigenvalue weighted by molar-refractivity contribution is -0.116. The van der Waals surface area contributed by atoms with Crippen molar-refractivity contribution in [2.45, 2.75) is 6.54 Å². The summed E-state index contributed by atoms with van der Waals surface area (Å²) < 4.78 is 50.8. The van der Waals surface area contributed by atoms with Crippen LogP contribution < -0.4 is 5.32 Å². The maximum atomic E-state index is 13.2. The lowest BCUT2D eigenvalue weighted by atomic mass is 10.2. The third kappa shape index (κ3) is 5.48. The quantitative estimate of drug-likeness (QED) is 0.827. The zero-order valence-corrected chi connectivity index (χ0v) is 14.7. The van der Waals surface area contributed by atoms with E-state index in [0.717, 1.165) is 22.7 Å². The molecule has 0 saturated carbocycles. The van der Waals surface area contributed by atoms with E-state index in [0.29, 0.717) is 10.6 Å². The summed E-state index contributed by atoms with van der Waals surface area (Å²) in [4.78, 5) is 12.1. The number of benzene rings is 2. The summed E-state index contributed by atoms with van der Waals surface area (Å²) in [7, 11) is -3.70. The second kappa shape index (κ2) is 7.90. The first-order chi connectivity index (χ1) is 11.7. The molecule has 1 amide bonds. The zero-order valence-electron chi connectivity index (χ0n) is 13.2. The summed E-state index contributed by atoms with van der Waals surface area (Å²) >= 11 is 6.02. The number of amides is 1. The van der Waals surface area contributed by atoms with Gasteiger partial charge in [0.15, 0.2) is 11.6 Å². The topological polar surface area (TPSA) is 66.5 Å². The fourth-order valence-corrected chi connectivity index (χ4v) is 2.96. The molecule has 134 valence electrons. The zero-order chi connectivity index (χ0) is 18.6. The number of anilines is 1. The molecule has 0 aliphatic heterocycles. The van der Waals surface area contributed by atoms with E-state index in [1.165, 1.54) is 6.07 Å². The average Bonchev–Trinajstić information content (AvgIpc) is 2.51. The van der Waals surface area contributed by atoms with Gasteiger partial charge in [0, 0.05) is 23.3 Å². The smallest absolute Gasteiger partial charge is 0.239 e. The Labute approximate surface area is 149 Å². The molecule has 0 aliphatic rings. The number of halogens is 3. The summed E-state index contributed by atoms with van der Waals surface area (Å²) in [6.45, 7) is -0.591. The van der Waals surface area contributed by atoms with Crippen LogP contribution in [-0.2, 0) is 21.4 Å². The van der Waals surface area contributed by atoms with Crippen molar-refractivity contribution in [1.82, 2.24) is 4.31 Å². The van der Waals surface area contributed by atoms with E-state index in [9.17, 15) is 22.0 Å². The van der Waals surface area contributed by atoms with Gasteiger partial charge in [-0.1, -0.05) is 29.8 Å². The van der Waals surface area contributed by atoms with Crippen molar-refractivity contribution in [3.63, 3.8) is 0 Å². The van der Waals surface area contributed by atoms with Crippen molar-refractivity contribution in [3.8, 4) is 0 Å². The fraction of sp³-hybridized carbons (Fsp3) is 0.188. The molecule has 2 rings (SSSR count). The molecule has 0 bridgehead atoms. The van der Waals surface area contributed by atoms with Crippen molar-refractivity contribution in [2.75, 3.05) is 18.1 Å². The minimum atomic E-state index is -3.70. The largest absolute Gasteiger partial charge is 0.325 e. The van der Waals surface area contributed by atoms with E-state index in [-0.39, 0.29) is 12.2 Å². The van der Waals surface area contributed by atoms with Crippen LogP contribution in [0, 0.1) is 11.6 Å². The highest BCUT2D eigenvalue weighted by Gasteiger charge is 2.21. The molecule has 0 radical (unpaired) electrons. The SMILES string of the molecule is CS(=O)(=O)N(CC(=O)Nc1ccc(F)c(F)c1)Cc1ccccc1Cl.